The Morgan fingerprint density at radius 2 is 1.81 bits per heavy atom. The summed E-state index contributed by atoms with van der Waals surface area (Å²) >= 11 is 0. The van der Waals surface area contributed by atoms with Crippen molar-refractivity contribution in [2.24, 2.45) is 5.73 Å². The molecule has 0 bridgehead atoms. The molecule has 21 heavy (non-hydrogen) atoms. The Morgan fingerprint density at radius 1 is 1.14 bits per heavy atom. The molecule has 0 saturated carbocycles. The minimum Gasteiger partial charge on any atom is -0.494 e. The van der Waals surface area contributed by atoms with Crippen LogP contribution in [0, 0.1) is 0 Å². The molecule has 2 N–H and O–H groups in total. The lowest BCUT2D eigenvalue weighted by molar-refractivity contribution is -0.113. The molecule has 0 aliphatic carbocycles. The molecule has 0 saturated heterocycles. The van der Waals surface area contributed by atoms with Crippen molar-refractivity contribution in [1.82, 2.24) is 0 Å². The molecule has 0 spiro atoms. The van der Waals surface area contributed by atoms with E-state index in [4.69, 9.17) is 19.6 Å². The molecule has 5 heteroatoms. The van der Waals surface area contributed by atoms with Gasteiger partial charge in [0.2, 0.25) is 5.91 Å². The summed E-state index contributed by atoms with van der Waals surface area (Å²) in [6.45, 7) is 2.87. The van der Waals surface area contributed by atoms with Crippen molar-refractivity contribution in [1.29, 1.82) is 0 Å². The first-order chi connectivity index (χ1) is 10.2. The van der Waals surface area contributed by atoms with Gasteiger partial charge in [-0.15, -0.1) is 0 Å². The second kappa shape index (κ2) is 7.19. The van der Waals surface area contributed by atoms with Gasteiger partial charge in [-0.3, -0.25) is 4.79 Å². The first-order valence-corrected chi connectivity index (χ1v) is 6.59. The van der Waals surface area contributed by atoms with Gasteiger partial charge in [0.15, 0.2) is 0 Å². The number of carbonyl (C=O) groups is 1. The molecule has 0 aliphatic heterocycles. The van der Waals surface area contributed by atoms with E-state index in [0.29, 0.717) is 24.7 Å². The van der Waals surface area contributed by atoms with Gasteiger partial charge in [-0.05, 0) is 49.4 Å². The van der Waals surface area contributed by atoms with E-state index in [1.165, 1.54) is 12.2 Å². The summed E-state index contributed by atoms with van der Waals surface area (Å²) in [5, 5.41) is 0. The number of hydrogen-bond donors (Lipinski definition) is 1. The van der Waals surface area contributed by atoms with Crippen LogP contribution in [0.5, 0.6) is 11.5 Å². The first-order valence-electron chi connectivity index (χ1n) is 6.59. The summed E-state index contributed by atoms with van der Waals surface area (Å²) in [6, 6.07) is 10.9. The van der Waals surface area contributed by atoms with Crippen molar-refractivity contribution < 1.29 is 18.7 Å². The van der Waals surface area contributed by atoms with Crippen LogP contribution in [-0.2, 0) is 11.4 Å². The van der Waals surface area contributed by atoms with E-state index in [2.05, 4.69) is 0 Å². The number of primary amides is 1. The zero-order valence-corrected chi connectivity index (χ0v) is 11.7. The average Bonchev–Trinajstić information content (AvgIpc) is 2.93. The molecule has 1 amide bonds. The summed E-state index contributed by atoms with van der Waals surface area (Å²) in [5.74, 6) is 2.23. The highest BCUT2D eigenvalue weighted by Crippen LogP contribution is 2.19. The number of amides is 1. The summed E-state index contributed by atoms with van der Waals surface area (Å²) < 4.78 is 16.4. The summed E-state index contributed by atoms with van der Waals surface area (Å²) in [5.41, 5.74) is 5.01. The number of rotatable bonds is 7. The monoisotopic (exact) mass is 287 g/mol. The third kappa shape index (κ3) is 4.72. The number of carbonyl (C=O) groups excluding carboxylic acids is 1. The average molecular weight is 287 g/mol. The van der Waals surface area contributed by atoms with Crippen LogP contribution in [0.1, 0.15) is 18.4 Å². The topological polar surface area (TPSA) is 74.7 Å². The van der Waals surface area contributed by atoms with Crippen LogP contribution in [0.15, 0.2) is 46.9 Å². The Labute approximate surface area is 123 Å². The van der Waals surface area contributed by atoms with Crippen molar-refractivity contribution in [3.05, 3.63) is 54.0 Å². The van der Waals surface area contributed by atoms with Crippen LogP contribution in [-0.4, -0.2) is 12.5 Å². The van der Waals surface area contributed by atoms with E-state index >= 15 is 0 Å². The first kappa shape index (κ1) is 14.7. The van der Waals surface area contributed by atoms with Crippen LogP contribution in [0.3, 0.4) is 0 Å². The Bertz CT molecular complexity index is 613. The van der Waals surface area contributed by atoms with Gasteiger partial charge in [-0.25, -0.2) is 0 Å². The van der Waals surface area contributed by atoms with Gasteiger partial charge < -0.3 is 19.6 Å². The van der Waals surface area contributed by atoms with Crippen molar-refractivity contribution >= 4 is 12.0 Å². The Hall–Kier alpha value is -2.69. The number of ether oxygens (including phenoxy) is 2. The van der Waals surface area contributed by atoms with Crippen molar-refractivity contribution in [3.63, 3.8) is 0 Å². The van der Waals surface area contributed by atoms with E-state index in [9.17, 15) is 4.79 Å². The Morgan fingerprint density at radius 3 is 2.43 bits per heavy atom. The van der Waals surface area contributed by atoms with Gasteiger partial charge in [0.05, 0.1) is 6.61 Å². The molecule has 2 aromatic rings. The molecule has 0 fully saturated rings. The van der Waals surface area contributed by atoms with Gasteiger partial charge in [0.1, 0.15) is 29.6 Å². The Balaban J connectivity index is 1.89. The molecule has 0 atom stereocenters. The molecule has 0 unspecified atom stereocenters. The molecule has 5 nitrogen and oxygen atoms in total. The fourth-order valence-corrected chi connectivity index (χ4v) is 1.68. The SMILES string of the molecule is CCOc1ccc(OCc2ccc(/C=C\C(N)=O)o2)cc1. The van der Waals surface area contributed by atoms with Crippen LogP contribution in [0.4, 0.5) is 0 Å². The molecule has 0 radical (unpaired) electrons. The summed E-state index contributed by atoms with van der Waals surface area (Å²) in [6.07, 6.45) is 2.76. The van der Waals surface area contributed by atoms with Crippen LogP contribution < -0.4 is 15.2 Å². The molecule has 1 heterocycles. The second-order valence-corrected chi connectivity index (χ2v) is 4.23. The number of nitrogens with two attached hydrogens (primary N) is 1. The van der Waals surface area contributed by atoms with Crippen molar-refractivity contribution in [2.45, 2.75) is 13.5 Å². The highest BCUT2D eigenvalue weighted by Gasteiger charge is 2.02. The Kier molecular flexibility index (Phi) is 5.04. The third-order valence-corrected chi connectivity index (χ3v) is 2.61. The molecular weight excluding hydrogens is 270 g/mol. The van der Waals surface area contributed by atoms with Gasteiger partial charge in [0.25, 0.3) is 0 Å². The van der Waals surface area contributed by atoms with Gasteiger partial charge in [-0.2, -0.15) is 0 Å². The fraction of sp³-hybridized carbons (Fsp3) is 0.188. The van der Waals surface area contributed by atoms with E-state index in [1.54, 1.807) is 12.1 Å². The van der Waals surface area contributed by atoms with Crippen molar-refractivity contribution in [2.75, 3.05) is 6.61 Å². The zero-order valence-electron chi connectivity index (χ0n) is 11.7. The largest absolute Gasteiger partial charge is 0.494 e. The maximum Gasteiger partial charge on any atom is 0.241 e. The smallest absolute Gasteiger partial charge is 0.241 e. The van der Waals surface area contributed by atoms with Crippen molar-refractivity contribution in [3.8, 4) is 11.5 Å². The highest BCUT2D eigenvalue weighted by molar-refractivity contribution is 5.89. The molecular formula is C16H17NO4. The predicted molar refractivity (Wildman–Crippen MR) is 78.9 cm³/mol. The molecule has 1 aromatic carbocycles. The summed E-state index contributed by atoms with van der Waals surface area (Å²) in [4.78, 5) is 10.6. The maximum atomic E-state index is 10.6. The maximum absolute atomic E-state index is 10.6. The number of benzene rings is 1. The normalized spacial score (nSPS) is 10.7. The molecule has 1 aromatic heterocycles. The second-order valence-electron chi connectivity index (χ2n) is 4.23. The number of furan rings is 1. The highest BCUT2D eigenvalue weighted by atomic mass is 16.5. The van der Waals surface area contributed by atoms with Gasteiger partial charge in [0, 0.05) is 6.08 Å². The fourth-order valence-electron chi connectivity index (χ4n) is 1.68. The lowest BCUT2D eigenvalue weighted by Crippen LogP contribution is -2.04. The predicted octanol–water partition coefficient (Wildman–Crippen LogP) is 2.76. The summed E-state index contributed by atoms with van der Waals surface area (Å²) in [7, 11) is 0. The third-order valence-electron chi connectivity index (χ3n) is 2.61. The van der Waals surface area contributed by atoms with Crippen LogP contribution in [0.25, 0.3) is 6.08 Å². The minimum absolute atomic E-state index is 0.304. The standard InChI is InChI=1S/C16H17NO4/c1-2-19-12-3-5-13(6-4-12)20-11-15-8-7-14(21-15)9-10-16(17)18/h3-10H,2,11H2,1H3,(H2,17,18)/b10-9-. The van der Waals surface area contributed by atoms with Gasteiger partial charge in [-0.1, -0.05) is 0 Å². The van der Waals surface area contributed by atoms with E-state index < -0.39 is 5.91 Å². The molecule has 110 valence electrons. The lowest BCUT2D eigenvalue weighted by atomic mass is 10.3. The number of hydrogen-bond acceptors (Lipinski definition) is 4. The lowest BCUT2D eigenvalue weighted by Gasteiger charge is -2.06. The van der Waals surface area contributed by atoms with E-state index in [0.717, 1.165) is 11.5 Å². The minimum atomic E-state index is -0.515. The van der Waals surface area contributed by atoms with Gasteiger partial charge >= 0.3 is 0 Å². The van der Waals surface area contributed by atoms with E-state index in [1.807, 2.05) is 31.2 Å². The molecule has 0 aliphatic rings. The van der Waals surface area contributed by atoms with Crippen LogP contribution in [0.2, 0.25) is 0 Å². The quantitative estimate of drug-likeness (QED) is 0.794. The zero-order chi connectivity index (χ0) is 15.1. The molecule has 2 rings (SSSR count). The van der Waals surface area contributed by atoms with Crippen LogP contribution >= 0.6 is 0 Å². The van der Waals surface area contributed by atoms with E-state index in [-0.39, 0.29) is 0 Å².